The Bertz CT molecular complexity index is 1170. The topological polar surface area (TPSA) is 97.3 Å². The van der Waals surface area contributed by atoms with Crippen LogP contribution >= 0.6 is 11.3 Å². The van der Waals surface area contributed by atoms with E-state index in [2.05, 4.69) is 55.7 Å². The highest BCUT2D eigenvalue weighted by molar-refractivity contribution is 7.16. The van der Waals surface area contributed by atoms with Crippen LogP contribution in [-0.4, -0.2) is 46.8 Å². The lowest BCUT2D eigenvalue weighted by Crippen LogP contribution is -2.35. The third kappa shape index (κ3) is 5.35. The Morgan fingerprint density at radius 1 is 1.09 bits per heavy atom. The van der Waals surface area contributed by atoms with Gasteiger partial charge in [-0.3, -0.25) is 14.9 Å². The number of piperidine rings is 1. The molecule has 1 atom stereocenters. The van der Waals surface area contributed by atoms with E-state index in [1.54, 1.807) is 13.0 Å². The number of hydrogen-bond acceptors (Lipinski definition) is 8. The molecule has 5 rings (SSSR count). The molecule has 3 heterocycles. The molecular formula is C26H29N5O3S. The maximum atomic E-state index is 12.7. The van der Waals surface area contributed by atoms with Gasteiger partial charge in [-0.2, -0.15) is 0 Å². The van der Waals surface area contributed by atoms with E-state index in [1.807, 2.05) is 6.07 Å². The Balaban J connectivity index is 1.15. The summed E-state index contributed by atoms with van der Waals surface area (Å²) in [5, 5.41) is 11.8. The zero-order chi connectivity index (χ0) is 24.2. The number of fused-ring (bicyclic) bond motifs is 1. The summed E-state index contributed by atoms with van der Waals surface area (Å²) in [6, 6.07) is 14.2. The average Bonchev–Trinajstić information content (AvgIpc) is 3.46. The molecule has 0 saturated carbocycles. The molecule has 2 aromatic heterocycles. The number of ether oxygens (including phenoxy) is 1. The van der Waals surface area contributed by atoms with Gasteiger partial charge in [-0.15, -0.1) is 21.5 Å². The first-order valence-electron chi connectivity index (χ1n) is 12.2. The molecule has 1 aromatic carbocycles. The first-order chi connectivity index (χ1) is 17.1. The van der Waals surface area contributed by atoms with E-state index in [-0.39, 0.29) is 23.5 Å². The summed E-state index contributed by atoms with van der Waals surface area (Å²) in [5.74, 6) is 0.522. The van der Waals surface area contributed by atoms with Gasteiger partial charge in [0, 0.05) is 18.0 Å². The average molecular weight is 492 g/mol. The van der Waals surface area contributed by atoms with Crippen LogP contribution in [0.2, 0.25) is 0 Å². The zero-order valence-corrected chi connectivity index (χ0v) is 20.6. The van der Waals surface area contributed by atoms with Crippen LogP contribution in [0.1, 0.15) is 58.7 Å². The molecule has 8 nitrogen and oxygen atoms in total. The minimum absolute atomic E-state index is 0.241. The molecule has 2 aliphatic rings. The van der Waals surface area contributed by atoms with Crippen LogP contribution in [0.3, 0.4) is 0 Å². The largest absolute Gasteiger partial charge is 0.465 e. The van der Waals surface area contributed by atoms with E-state index in [1.165, 1.54) is 16.9 Å². The van der Waals surface area contributed by atoms with Gasteiger partial charge >= 0.3 is 5.97 Å². The van der Waals surface area contributed by atoms with Crippen molar-refractivity contribution in [2.24, 2.45) is 5.92 Å². The van der Waals surface area contributed by atoms with Crippen LogP contribution in [-0.2, 0) is 22.4 Å². The van der Waals surface area contributed by atoms with Gasteiger partial charge in [0.1, 0.15) is 5.92 Å². The molecule has 1 amide bonds. The second-order valence-electron chi connectivity index (χ2n) is 9.02. The van der Waals surface area contributed by atoms with Gasteiger partial charge in [-0.25, -0.2) is 4.98 Å². The summed E-state index contributed by atoms with van der Waals surface area (Å²) < 4.78 is 5.15. The Morgan fingerprint density at radius 3 is 2.60 bits per heavy atom. The zero-order valence-electron chi connectivity index (χ0n) is 19.8. The van der Waals surface area contributed by atoms with Crippen molar-refractivity contribution in [1.29, 1.82) is 0 Å². The third-order valence-corrected chi connectivity index (χ3v) is 7.74. The Kier molecular flexibility index (Phi) is 7.03. The van der Waals surface area contributed by atoms with E-state index < -0.39 is 0 Å². The highest BCUT2D eigenvalue weighted by atomic mass is 32.1. The molecule has 35 heavy (non-hydrogen) atoms. The van der Waals surface area contributed by atoms with Crippen LogP contribution in [0.15, 0.2) is 42.5 Å². The summed E-state index contributed by atoms with van der Waals surface area (Å²) in [7, 11) is 0. The van der Waals surface area contributed by atoms with Gasteiger partial charge in [0.2, 0.25) is 0 Å². The summed E-state index contributed by atoms with van der Waals surface area (Å²) >= 11 is 1.40. The summed E-state index contributed by atoms with van der Waals surface area (Å²) in [6.07, 6.45) is 4.81. The molecule has 1 unspecified atom stereocenters. The summed E-state index contributed by atoms with van der Waals surface area (Å²) in [5.41, 5.74) is 2.36. The molecule has 0 spiro atoms. The van der Waals surface area contributed by atoms with Gasteiger partial charge in [-0.05, 0) is 62.6 Å². The second kappa shape index (κ2) is 10.5. The third-order valence-electron chi connectivity index (χ3n) is 6.70. The summed E-state index contributed by atoms with van der Waals surface area (Å²) in [6.45, 7) is 4.01. The maximum absolute atomic E-state index is 12.7. The fraction of sp³-hybridized carbons (Fsp3) is 0.423. The van der Waals surface area contributed by atoms with Crippen LogP contribution in [0, 0.1) is 5.92 Å². The number of nitrogens with zero attached hydrogens (tertiary/aromatic N) is 4. The molecule has 1 saturated heterocycles. The van der Waals surface area contributed by atoms with Crippen molar-refractivity contribution in [3.63, 3.8) is 0 Å². The van der Waals surface area contributed by atoms with Crippen molar-refractivity contribution in [3.05, 3.63) is 64.3 Å². The fourth-order valence-electron chi connectivity index (χ4n) is 4.84. The Hall–Kier alpha value is -3.33. The van der Waals surface area contributed by atoms with Gasteiger partial charge in [0.25, 0.3) is 5.91 Å². The molecule has 1 aliphatic carbocycles. The van der Waals surface area contributed by atoms with E-state index in [0.717, 1.165) is 55.2 Å². The highest BCUT2D eigenvalue weighted by Gasteiger charge is 2.34. The van der Waals surface area contributed by atoms with E-state index >= 15 is 0 Å². The van der Waals surface area contributed by atoms with Crippen LogP contribution < -0.4 is 10.2 Å². The lowest BCUT2D eigenvalue weighted by atomic mass is 9.90. The number of esters is 1. The molecule has 1 N–H and O–H groups in total. The van der Waals surface area contributed by atoms with Crippen molar-refractivity contribution >= 4 is 34.2 Å². The Morgan fingerprint density at radius 2 is 1.89 bits per heavy atom. The first-order valence-corrected chi connectivity index (χ1v) is 13.0. The van der Waals surface area contributed by atoms with Crippen molar-refractivity contribution in [2.45, 2.75) is 44.9 Å². The number of aromatic nitrogens is 3. The lowest BCUT2D eigenvalue weighted by Gasteiger charge is -2.32. The van der Waals surface area contributed by atoms with Crippen molar-refractivity contribution < 1.29 is 14.3 Å². The van der Waals surface area contributed by atoms with Crippen LogP contribution in [0.4, 0.5) is 10.9 Å². The number of aryl methyl sites for hydroxylation is 1. The van der Waals surface area contributed by atoms with Gasteiger partial charge in [0.05, 0.1) is 12.3 Å². The number of amides is 1. The SMILES string of the molecule is CCOC(=O)C1CCc2sc(NC(=O)c3ccc(N4CCC(Cc5ccccc5)CC4)nn3)nc21. The minimum Gasteiger partial charge on any atom is -0.465 e. The monoisotopic (exact) mass is 491 g/mol. The molecule has 0 bridgehead atoms. The van der Waals surface area contributed by atoms with Crippen molar-refractivity contribution in [2.75, 3.05) is 29.9 Å². The minimum atomic E-state index is -0.356. The number of hydrogen-bond donors (Lipinski definition) is 1. The molecule has 182 valence electrons. The van der Waals surface area contributed by atoms with E-state index in [9.17, 15) is 9.59 Å². The fourth-order valence-corrected chi connectivity index (χ4v) is 5.88. The van der Waals surface area contributed by atoms with E-state index in [4.69, 9.17) is 4.74 Å². The number of carbonyl (C=O) groups excluding carboxylic acids is 2. The van der Waals surface area contributed by atoms with Crippen LogP contribution in [0.5, 0.6) is 0 Å². The number of rotatable bonds is 7. The normalized spacial score (nSPS) is 17.7. The molecule has 1 aliphatic heterocycles. The maximum Gasteiger partial charge on any atom is 0.315 e. The second-order valence-corrected chi connectivity index (χ2v) is 10.1. The molecular weight excluding hydrogens is 462 g/mol. The predicted molar refractivity (Wildman–Crippen MR) is 135 cm³/mol. The van der Waals surface area contributed by atoms with Crippen LogP contribution in [0.25, 0.3) is 0 Å². The molecule has 9 heteroatoms. The number of benzene rings is 1. The first kappa shape index (κ1) is 23.4. The smallest absolute Gasteiger partial charge is 0.315 e. The highest BCUT2D eigenvalue weighted by Crippen LogP contribution is 2.39. The molecule has 1 fully saturated rings. The van der Waals surface area contributed by atoms with Crippen molar-refractivity contribution in [3.8, 4) is 0 Å². The number of nitrogens with one attached hydrogen (secondary N) is 1. The van der Waals surface area contributed by atoms with E-state index in [0.29, 0.717) is 24.1 Å². The number of carbonyl (C=O) groups is 2. The van der Waals surface area contributed by atoms with Gasteiger partial charge in [-0.1, -0.05) is 30.3 Å². The lowest BCUT2D eigenvalue weighted by molar-refractivity contribution is -0.145. The standard InChI is InChI=1S/C26H29N5O3S/c1-2-34-25(33)19-8-10-21-23(19)27-26(35-21)28-24(32)20-9-11-22(30-29-20)31-14-12-18(13-15-31)16-17-6-4-3-5-7-17/h3-7,9,11,18-19H,2,8,10,12-16H2,1H3,(H,27,28,32). The Labute approximate surface area is 208 Å². The number of thiazole rings is 1. The number of anilines is 2. The molecule has 3 aromatic rings. The van der Waals surface area contributed by atoms with Crippen molar-refractivity contribution in [1.82, 2.24) is 15.2 Å². The summed E-state index contributed by atoms with van der Waals surface area (Å²) in [4.78, 5) is 32.6. The van der Waals surface area contributed by atoms with Gasteiger partial charge < -0.3 is 9.64 Å². The quantitative estimate of drug-likeness (QED) is 0.494. The van der Waals surface area contributed by atoms with Gasteiger partial charge in [0.15, 0.2) is 16.6 Å². The molecule has 0 radical (unpaired) electrons. The predicted octanol–water partition coefficient (Wildman–Crippen LogP) is 4.24.